The number of halogens is 3. The third-order valence-corrected chi connectivity index (χ3v) is 2.34. The van der Waals surface area contributed by atoms with Crippen LogP contribution in [0.3, 0.4) is 0 Å². The number of carbonyl (C=O) groups excluding carboxylic acids is 1. The van der Waals surface area contributed by atoms with Gasteiger partial charge in [-0.3, -0.25) is 4.79 Å². The van der Waals surface area contributed by atoms with Crippen molar-refractivity contribution in [3.05, 3.63) is 34.1 Å². The summed E-state index contributed by atoms with van der Waals surface area (Å²) in [4.78, 5) is 10.9. The van der Waals surface area contributed by atoms with Crippen LogP contribution >= 0.6 is 27.5 Å². The summed E-state index contributed by atoms with van der Waals surface area (Å²) in [5.74, 6) is -0.633. The molecule has 0 aliphatic heterocycles. The molecule has 4 heteroatoms. The SMILES string of the molecule is O=C(CCl)Cc1cc(Br)ccc1F. The second-order valence-electron chi connectivity index (χ2n) is 2.58. The molecule has 0 amide bonds. The minimum Gasteiger partial charge on any atom is -0.298 e. The van der Waals surface area contributed by atoms with Crippen LogP contribution in [0.15, 0.2) is 22.7 Å². The van der Waals surface area contributed by atoms with E-state index in [0.717, 1.165) is 4.47 Å². The van der Waals surface area contributed by atoms with Crippen molar-refractivity contribution in [2.75, 3.05) is 5.88 Å². The summed E-state index contributed by atoms with van der Waals surface area (Å²) in [7, 11) is 0. The molecule has 0 aliphatic carbocycles. The molecule has 1 rings (SSSR count). The van der Waals surface area contributed by atoms with Gasteiger partial charge in [0.15, 0.2) is 5.78 Å². The molecule has 0 N–H and O–H groups in total. The molecule has 0 radical (unpaired) electrons. The van der Waals surface area contributed by atoms with E-state index in [1.807, 2.05) is 0 Å². The Morgan fingerprint density at radius 3 is 2.85 bits per heavy atom. The summed E-state index contributed by atoms with van der Waals surface area (Å²) in [6.45, 7) is 0. The predicted octanol–water partition coefficient (Wildman–Crippen LogP) is 2.94. The average Bonchev–Trinajstić information content (AvgIpc) is 2.11. The lowest BCUT2D eigenvalue weighted by Crippen LogP contribution is -2.05. The Kier molecular flexibility index (Phi) is 3.88. The molecule has 0 saturated carbocycles. The Hall–Kier alpha value is -0.410. The zero-order valence-electron chi connectivity index (χ0n) is 6.69. The van der Waals surface area contributed by atoms with Crippen molar-refractivity contribution < 1.29 is 9.18 Å². The Bertz CT molecular complexity index is 327. The molecule has 0 spiro atoms. The topological polar surface area (TPSA) is 17.1 Å². The molecular weight excluding hydrogens is 258 g/mol. The van der Waals surface area contributed by atoms with E-state index >= 15 is 0 Å². The third kappa shape index (κ3) is 3.08. The molecule has 1 aromatic rings. The standard InChI is InChI=1S/C9H7BrClFO/c10-7-1-2-9(12)6(3-7)4-8(13)5-11/h1-3H,4-5H2. The largest absolute Gasteiger partial charge is 0.298 e. The quantitative estimate of drug-likeness (QED) is 0.768. The van der Waals surface area contributed by atoms with Crippen LogP contribution in [0.1, 0.15) is 5.56 Å². The summed E-state index contributed by atoms with van der Waals surface area (Å²) in [6.07, 6.45) is 0.0504. The van der Waals surface area contributed by atoms with Crippen molar-refractivity contribution in [3.8, 4) is 0 Å². The number of hydrogen-bond donors (Lipinski definition) is 0. The smallest absolute Gasteiger partial charge is 0.152 e. The maximum atomic E-state index is 13.1. The highest BCUT2D eigenvalue weighted by atomic mass is 79.9. The predicted molar refractivity (Wildman–Crippen MR) is 53.5 cm³/mol. The van der Waals surface area contributed by atoms with E-state index < -0.39 is 0 Å². The van der Waals surface area contributed by atoms with Gasteiger partial charge >= 0.3 is 0 Å². The first-order chi connectivity index (χ1) is 6.13. The molecule has 1 aromatic carbocycles. The van der Waals surface area contributed by atoms with Gasteiger partial charge in [-0.1, -0.05) is 15.9 Å². The fourth-order valence-corrected chi connectivity index (χ4v) is 1.44. The lowest BCUT2D eigenvalue weighted by molar-refractivity contribution is -0.116. The summed E-state index contributed by atoms with van der Waals surface area (Å²) in [5, 5.41) is 0. The van der Waals surface area contributed by atoms with Gasteiger partial charge in [0.1, 0.15) is 5.82 Å². The zero-order valence-corrected chi connectivity index (χ0v) is 9.03. The molecule has 0 aliphatic rings. The van der Waals surface area contributed by atoms with Crippen LogP contribution in [0.5, 0.6) is 0 Å². The Morgan fingerprint density at radius 2 is 2.23 bits per heavy atom. The Balaban J connectivity index is 2.87. The van der Waals surface area contributed by atoms with Gasteiger partial charge in [0, 0.05) is 10.9 Å². The Labute approximate surface area is 89.0 Å². The number of benzene rings is 1. The van der Waals surface area contributed by atoms with E-state index in [1.54, 1.807) is 12.1 Å². The molecule has 0 bridgehead atoms. The average molecular weight is 266 g/mol. The minimum absolute atomic E-state index is 0.0504. The van der Waals surface area contributed by atoms with Crippen LogP contribution in [0, 0.1) is 5.82 Å². The van der Waals surface area contributed by atoms with E-state index in [0.29, 0.717) is 5.56 Å². The van der Waals surface area contributed by atoms with E-state index in [4.69, 9.17) is 11.6 Å². The van der Waals surface area contributed by atoms with Gasteiger partial charge in [-0.05, 0) is 23.8 Å². The highest BCUT2D eigenvalue weighted by Gasteiger charge is 2.07. The van der Waals surface area contributed by atoms with Crippen LogP contribution in [-0.4, -0.2) is 11.7 Å². The van der Waals surface area contributed by atoms with E-state index in [-0.39, 0.29) is 23.9 Å². The lowest BCUT2D eigenvalue weighted by atomic mass is 10.1. The first kappa shape index (κ1) is 10.7. The molecule has 0 saturated heterocycles. The molecule has 0 aromatic heterocycles. The maximum absolute atomic E-state index is 13.1. The molecule has 0 unspecified atom stereocenters. The van der Waals surface area contributed by atoms with Crippen LogP contribution in [0.2, 0.25) is 0 Å². The van der Waals surface area contributed by atoms with Gasteiger partial charge < -0.3 is 0 Å². The van der Waals surface area contributed by atoms with Crippen molar-refractivity contribution >= 4 is 33.3 Å². The van der Waals surface area contributed by atoms with Crippen LogP contribution in [-0.2, 0) is 11.2 Å². The van der Waals surface area contributed by atoms with Crippen molar-refractivity contribution in [2.24, 2.45) is 0 Å². The van der Waals surface area contributed by atoms with Crippen molar-refractivity contribution in [3.63, 3.8) is 0 Å². The van der Waals surface area contributed by atoms with Crippen LogP contribution < -0.4 is 0 Å². The fraction of sp³-hybridized carbons (Fsp3) is 0.222. The van der Waals surface area contributed by atoms with E-state index in [9.17, 15) is 9.18 Å². The summed E-state index contributed by atoms with van der Waals surface area (Å²) >= 11 is 8.51. The van der Waals surface area contributed by atoms with Crippen LogP contribution in [0.4, 0.5) is 4.39 Å². The van der Waals surface area contributed by atoms with Gasteiger partial charge in [-0.2, -0.15) is 0 Å². The first-order valence-electron chi connectivity index (χ1n) is 3.65. The fourth-order valence-electron chi connectivity index (χ4n) is 0.938. The number of ketones is 1. The molecule has 0 fully saturated rings. The number of carbonyl (C=O) groups is 1. The monoisotopic (exact) mass is 264 g/mol. The van der Waals surface area contributed by atoms with Crippen molar-refractivity contribution in [2.45, 2.75) is 6.42 Å². The summed E-state index contributed by atoms with van der Waals surface area (Å²) in [5.41, 5.74) is 0.375. The van der Waals surface area contributed by atoms with Crippen molar-refractivity contribution in [1.29, 1.82) is 0 Å². The summed E-state index contributed by atoms with van der Waals surface area (Å²) < 4.78 is 13.8. The van der Waals surface area contributed by atoms with Crippen LogP contribution in [0.25, 0.3) is 0 Å². The van der Waals surface area contributed by atoms with Crippen molar-refractivity contribution in [1.82, 2.24) is 0 Å². The molecule has 0 atom stereocenters. The first-order valence-corrected chi connectivity index (χ1v) is 4.98. The number of rotatable bonds is 3. The lowest BCUT2D eigenvalue weighted by Gasteiger charge is -2.01. The third-order valence-electron chi connectivity index (χ3n) is 1.54. The maximum Gasteiger partial charge on any atom is 0.152 e. The molecule has 70 valence electrons. The van der Waals surface area contributed by atoms with Gasteiger partial charge in [0.2, 0.25) is 0 Å². The number of alkyl halides is 1. The number of Topliss-reactive ketones (excluding diaryl/α,β-unsaturated/α-hetero) is 1. The second-order valence-corrected chi connectivity index (χ2v) is 3.77. The van der Waals surface area contributed by atoms with Gasteiger partial charge in [-0.15, -0.1) is 11.6 Å². The highest BCUT2D eigenvalue weighted by molar-refractivity contribution is 9.10. The van der Waals surface area contributed by atoms with E-state index in [1.165, 1.54) is 6.07 Å². The van der Waals surface area contributed by atoms with E-state index in [2.05, 4.69) is 15.9 Å². The molecule has 13 heavy (non-hydrogen) atoms. The molecule has 1 nitrogen and oxygen atoms in total. The molecule has 0 heterocycles. The normalized spacial score (nSPS) is 10.1. The number of hydrogen-bond acceptors (Lipinski definition) is 1. The molecular formula is C9H7BrClFO. The summed E-state index contributed by atoms with van der Waals surface area (Å²) in [6, 6.07) is 4.49. The highest BCUT2D eigenvalue weighted by Crippen LogP contribution is 2.16. The minimum atomic E-state index is -0.373. The van der Waals surface area contributed by atoms with Gasteiger partial charge in [0.05, 0.1) is 5.88 Å². The zero-order chi connectivity index (χ0) is 9.84. The second kappa shape index (κ2) is 4.72. The van der Waals surface area contributed by atoms with Gasteiger partial charge in [-0.25, -0.2) is 4.39 Å². The van der Waals surface area contributed by atoms with Gasteiger partial charge in [0.25, 0.3) is 0 Å². The Morgan fingerprint density at radius 1 is 1.54 bits per heavy atom.